The standard InChI is InChI=1S/C8H11ClO/c1-5(2)3-6-4-7(10)8(6)9/h3,6,8H,4H2,1-2H3/t6-,8-/m0/s1. The Kier molecular flexibility index (Phi) is 2.14. The third kappa shape index (κ3) is 1.40. The zero-order chi connectivity index (χ0) is 7.72. The lowest BCUT2D eigenvalue weighted by Crippen LogP contribution is -2.36. The van der Waals surface area contributed by atoms with Crippen molar-refractivity contribution in [3.63, 3.8) is 0 Å². The van der Waals surface area contributed by atoms with E-state index in [0.717, 1.165) is 0 Å². The topological polar surface area (TPSA) is 17.1 Å². The Morgan fingerprint density at radius 3 is 2.60 bits per heavy atom. The minimum atomic E-state index is -0.241. The molecule has 0 amide bonds. The van der Waals surface area contributed by atoms with Gasteiger partial charge < -0.3 is 0 Å². The third-order valence-electron chi connectivity index (χ3n) is 1.67. The summed E-state index contributed by atoms with van der Waals surface area (Å²) < 4.78 is 0. The summed E-state index contributed by atoms with van der Waals surface area (Å²) in [5.41, 5.74) is 1.24. The number of alkyl halides is 1. The van der Waals surface area contributed by atoms with Crippen LogP contribution in [0.1, 0.15) is 20.3 Å². The number of carbonyl (C=O) groups is 1. The fourth-order valence-corrected chi connectivity index (χ4v) is 1.35. The van der Waals surface area contributed by atoms with Crippen LogP contribution in [-0.2, 0) is 4.79 Å². The predicted octanol–water partition coefficient (Wildman–Crippen LogP) is 2.15. The molecule has 1 rings (SSSR count). The fraction of sp³-hybridized carbons (Fsp3) is 0.625. The molecule has 1 aliphatic carbocycles. The van der Waals surface area contributed by atoms with E-state index in [9.17, 15) is 4.79 Å². The van der Waals surface area contributed by atoms with E-state index in [0.29, 0.717) is 12.3 Å². The van der Waals surface area contributed by atoms with Crippen molar-refractivity contribution in [2.24, 2.45) is 5.92 Å². The number of hydrogen-bond donors (Lipinski definition) is 0. The molecule has 0 aliphatic heterocycles. The monoisotopic (exact) mass is 158 g/mol. The van der Waals surface area contributed by atoms with E-state index in [2.05, 4.69) is 6.08 Å². The molecular weight excluding hydrogens is 148 g/mol. The molecule has 0 saturated heterocycles. The van der Waals surface area contributed by atoms with Crippen LogP contribution in [0.25, 0.3) is 0 Å². The average molecular weight is 159 g/mol. The summed E-state index contributed by atoms with van der Waals surface area (Å²) in [6, 6.07) is 0. The zero-order valence-electron chi connectivity index (χ0n) is 6.23. The third-order valence-corrected chi connectivity index (χ3v) is 2.23. The molecule has 10 heavy (non-hydrogen) atoms. The van der Waals surface area contributed by atoms with E-state index in [1.54, 1.807) is 0 Å². The maximum Gasteiger partial charge on any atom is 0.151 e. The predicted molar refractivity (Wildman–Crippen MR) is 42.2 cm³/mol. The molecule has 1 saturated carbocycles. The SMILES string of the molecule is CC(C)=C[C@H]1CC(=O)[C@H]1Cl. The van der Waals surface area contributed by atoms with Gasteiger partial charge in [-0.15, -0.1) is 11.6 Å². The van der Waals surface area contributed by atoms with Crippen LogP contribution < -0.4 is 0 Å². The molecule has 0 N–H and O–H groups in total. The first-order valence-corrected chi connectivity index (χ1v) is 3.86. The Bertz CT molecular complexity index is 180. The number of ketones is 1. The van der Waals surface area contributed by atoms with E-state index in [-0.39, 0.29) is 11.2 Å². The first kappa shape index (κ1) is 7.80. The van der Waals surface area contributed by atoms with Crippen molar-refractivity contribution in [1.29, 1.82) is 0 Å². The molecule has 0 heterocycles. The fourth-order valence-electron chi connectivity index (χ4n) is 1.10. The van der Waals surface area contributed by atoms with Crippen molar-refractivity contribution in [3.8, 4) is 0 Å². The van der Waals surface area contributed by atoms with E-state index >= 15 is 0 Å². The van der Waals surface area contributed by atoms with Gasteiger partial charge in [0, 0.05) is 12.3 Å². The number of halogens is 1. The van der Waals surface area contributed by atoms with Crippen molar-refractivity contribution in [3.05, 3.63) is 11.6 Å². The highest BCUT2D eigenvalue weighted by molar-refractivity contribution is 6.33. The highest BCUT2D eigenvalue weighted by Crippen LogP contribution is 2.30. The van der Waals surface area contributed by atoms with Gasteiger partial charge in [-0.25, -0.2) is 0 Å². The van der Waals surface area contributed by atoms with Gasteiger partial charge in [-0.3, -0.25) is 4.79 Å². The molecule has 2 atom stereocenters. The van der Waals surface area contributed by atoms with Gasteiger partial charge in [0.25, 0.3) is 0 Å². The summed E-state index contributed by atoms with van der Waals surface area (Å²) in [6.45, 7) is 4.04. The van der Waals surface area contributed by atoms with Gasteiger partial charge in [-0.05, 0) is 13.8 Å². The summed E-state index contributed by atoms with van der Waals surface area (Å²) in [6.07, 6.45) is 2.71. The van der Waals surface area contributed by atoms with Crippen molar-refractivity contribution in [2.45, 2.75) is 25.6 Å². The maximum atomic E-state index is 10.7. The molecule has 0 unspecified atom stereocenters. The quantitative estimate of drug-likeness (QED) is 0.422. The van der Waals surface area contributed by atoms with Crippen LogP contribution in [0.15, 0.2) is 11.6 Å². The van der Waals surface area contributed by atoms with Crippen molar-refractivity contribution in [2.75, 3.05) is 0 Å². The van der Waals surface area contributed by atoms with E-state index in [1.807, 2.05) is 13.8 Å². The van der Waals surface area contributed by atoms with E-state index in [4.69, 9.17) is 11.6 Å². The number of rotatable bonds is 1. The van der Waals surface area contributed by atoms with E-state index < -0.39 is 0 Å². The Morgan fingerprint density at radius 1 is 1.70 bits per heavy atom. The van der Waals surface area contributed by atoms with Crippen LogP contribution in [-0.4, -0.2) is 11.2 Å². The number of carbonyl (C=O) groups excluding carboxylic acids is 1. The van der Waals surface area contributed by atoms with Crippen LogP contribution in [0.3, 0.4) is 0 Å². The summed E-state index contributed by atoms with van der Waals surface area (Å²) in [7, 11) is 0. The van der Waals surface area contributed by atoms with Gasteiger partial charge in [0.05, 0.1) is 5.38 Å². The van der Waals surface area contributed by atoms with Crippen LogP contribution in [0.4, 0.5) is 0 Å². The molecule has 2 heteroatoms. The number of Topliss-reactive ketones (excluding diaryl/α,β-unsaturated/α-hetero) is 1. The second kappa shape index (κ2) is 2.75. The van der Waals surface area contributed by atoms with Gasteiger partial charge in [-0.2, -0.15) is 0 Å². The summed E-state index contributed by atoms with van der Waals surface area (Å²) in [4.78, 5) is 10.7. The molecule has 0 aromatic carbocycles. The lowest BCUT2D eigenvalue weighted by molar-refractivity contribution is -0.125. The highest BCUT2D eigenvalue weighted by Gasteiger charge is 2.35. The molecule has 0 aromatic rings. The molecule has 1 fully saturated rings. The van der Waals surface area contributed by atoms with Gasteiger partial charge >= 0.3 is 0 Å². The largest absolute Gasteiger partial charge is 0.298 e. The molecule has 0 aromatic heterocycles. The smallest absolute Gasteiger partial charge is 0.151 e. The van der Waals surface area contributed by atoms with Gasteiger partial charge in [-0.1, -0.05) is 11.6 Å². The minimum Gasteiger partial charge on any atom is -0.298 e. The first-order valence-electron chi connectivity index (χ1n) is 3.43. The zero-order valence-corrected chi connectivity index (χ0v) is 6.98. The molecule has 1 nitrogen and oxygen atoms in total. The lowest BCUT2D eigenvalue weighted by atomic mass is 9.82. The summed E-state index contributed by atoms with van der Waals surface area (Å²) in [5.74, 6) is 0.489. The first-order chi connectivity index (χ1) is 4.61. The van der Waals surface area contributed by atoms with Crippen LogP contribution in [0.2, 0.25) is 0 Å². The highest BCUT2D eigenvalue weighted by atomic mass is 35.5. The van der Waals surface area contributed by atoms with Crippen molar-refractivity contribution in [1.82, 2.24) is 0 Å². The Balaban J connectivity index is 2.48. The van der Waals surface area contributed by atoms with E-state index in [1.165, 1.54) is 5.57 Å². The van der Waals surface area contributed by atoms with Gasteiger partial charge in [0.2, 0.25) is 0 Å². The Labute approximate surface area is 66.1 Å². The number of allylic oxidation sites excluding steroid dienone is 2. The Morgan fingerprint density at radius 2 is 2.30 bits per heavy atom. The normalized spacial score (nSPS) is 31.3. The molecular formula is C8H11ClO. The van der Waals surface area contributed by atoms with Crippen LogP contribution in [0, 0.1) is 5.92 Å². The molecule has 1 aliphatic rings. The van der Waals surface area contributed by atoms with Crippen molar-refractivity contribution < 1.29 is 4.79 Å². The molecule has 0 bridgehead atoms. The minimum absolute atomic E-state index is 0.184. The molecule has 0 radical (unpaired) electrons. The Hall–Kier alpha value is -0.300. The van der Waals surface area contributed by atoms with Gasteiger partial charge in [0.15, 0.2) is 5.78 Å². The molecule has 0 spiro atoms. The van der Waals surface area contributed by atoms with Crippen LogP contribution in [0.5, 0.6) is 0 Å². The van der Waals surface area contributed by atoms with Crippen molar-refractivity contribution >= 4 is 17.4 Å². The van der Waals surface area contributed by atoms with Crippen LogP contribution >= 0.6 is 11.6 Å². The summed E-state index contributed by atoms with van der Waals surface area (Å²) >= 11 is 5.72. The number of hydrogen-bond acceptors (Lipinski definition) is 1. The lowest BCUT2D eigenvalue weighted by Gasteiger charge is -2.27. The summed E-state index contributed by atoms with van der Waals surface area (Å²) in [5, 5.41) is -0.241. The molecule has 56 valence electrons. The second-order valence-electron chi connectivity index (χ2n) is 2.98. The van der Waals surface area contributed by atoms with Gasteiger partial charge in [0.1, 0.15) is 0 Å². The second-order valence-corrected chi connectivity index (χ2v) is 3.45. The maximum absolute atomic E-state index is 10.7. The average Bonchev–Trinajstić information content (AvgIpc) is 1.86.